The summed E-state index contributed by atoms with van der Waals surface area (Å²) in [5.41, 5.74) is -5.18. The SMILES string of the molecule is CC=C(C)C(=O)OC1C(OC(=O)C(C)CC)C2(CO)C(CC1(C)C)C1=CCC3C4(C)CCC(OC5OC(C(=O)O)C(O)C(OC6OCC(O)C(O)C6O)C5O)C(C)(C=O)C4CCC3(C)C1(C)C(O)C2O. The van der Waals surface area contributed by atoms with E-state index < -0.39 is 161 Å². The number of allylic oxidation sites excluding steroid dienone is 2. The average molecular weight is 995 g/mol. The summed E-state index contributed by atoms with van der Waals surface area (Å²) in [6.07, 6.45) is -15.4. The van der Waals surface area contributed by atoms with Gasteiger partial charge in [0.1, 0.15) is 49.0 Å². The molecular weight excluding hydrogens is 917 g/mol. The number of ether oxygens (including phenoxy) is 6. The van der Waals surface area contributed by atoms with E-state index in [4.69, 9.17) is 28.4 Å². The lowest BCUT2D eigenvalue weighted by molar-refractivity contribution is -0.356. The van der Waals surface area contributed by atoms with Crippen molar-refractivity contribution in [3.63, 3.8) is 0 Å². The number of rotatable bonds is 12. The maximum atomic E-state index is 13.8. The second-order valence-corrected chi connectivity index (χ2v) is 23.3. The van der Waals surface area contributed by atoms with Gasteiger partial charge in [0.2, 0.25) is 0 Å². The Morgan fingerprint density at radius 1 is 0.857 bits per heavy atom. The molecule has 0 amide bonds. The van der Waals surface area contributed by atoms with Crippen molar-refractivity contribution in [1.82, 2.24) is 0 Å². The van der Waals surface area contributed by atoms with E-state index in [9.17, 15) is 65.1 Å². The summed E-state index contributed by atoms with van der Waals surface area (Å²) in [7, 11) is 0. The van der Waals surface area contributed by atoms with E-state index in [1.807, 2.05) is 27.7 Å². The minimum atomic E-state index is -2.01. The second kappa shape index (κ2) is 19.4. The number of aliphatic hydroxyl groups excluding tert-OH is 8. The van der Waals surface area contributed by atoms with Crippen LogP contribution in [0.1, 0.15) is 114 Å². The number of hydrogen-bond acceptors (Lipinski definition) is 18. The first kappa shape index (κ1) is 54.8. The third-order valence-electron chi connectivity index (χ3n) is 19.4. The fourth-order valence-electron chi connectivity index (χ4n) is 14.6. The molecule has 0 radical (unpaired) electrons. The van der Waals surface area contributed by atoms with Gasteiger partial charge in [-0.3, -0.25) is 4.79 Å². The van der Waals surface area contributed by atoms with Crippen LogP contribution in [0.25, 0.3) is 0 Å². The zero-order valence-electron chi connectivity index (χ0n) is 42.1. The molecule has 0 aromatic heterocycles. The van der Waals surface area contributed by atoms with Crippen molar-refractivity contribution in [2.24, 2.45) is 56.2 Å². The molecule has 7 aliphatic rings. The van der Waals surface area contributed by atoms with Crippen molar-refractivity contribution in [2.45, 2.75) is 200 Å². The summed E-state index contributed by atoms with van der Waals surface area (Å²) in [6.45, 7) is 17.5. The fourth-order valence-corrected chi connectivity index (χ4v) is 14.6. The van der Waals surface area contributed by atoms with Crippen LogP contribution in [0.15, 0.2) is 23.3 Å². The van der Waals surface area contributed by atoms with Crippen molar-refractivity contribution in [3.8, 4) is 0 Å². The number of aliphatic hydroxyl groups is 8. The molecule has 2 saturated heterocycles. The monoisotopic (exact) mass is 995 g/mol. The van der Waals surface area contributed by atoms with Gasteiger partial charge in [0.25, 0.3) is 0 Å². The lowest BCUT2D eigenvalue weighted by Crippen LogP contribution is -2.76. The smallest absolute Gasteiger partial charge is 0.335 e. The van der Waals surface area contributed by atoms with Gasteiger partial charge in [-0.15, -0.1) is 0 Å². The molecule has 2 aliphatic heterocycles. The van der Waals surface area contributed by atoms with Gasteiger partial charge >= 0.3 is 17.9 Å². The van der Waals surface area contributed by atoms with Crippen molar-refractivity contribution in [1.29, 1.82) is 0 Å². The molecule has 23 atom stereocenters. The van der Waals surface area contributed by atoms with Crippen LogP contribution in [0.2, 0.25) is 0 Å². The Labute approximate surface area is 409 Å². The topological polar surface area (TPSA) is 306 Å². The molecule has 4 saturated carbocycles. The minimum Gasteiger partial charge on any atom is -0.479 e. The van der Waals surface area contributed by atoms with Crippen molar-refractivity contribution >= 4 is 24.2 Å². The Balaban J connectivity index is 1.22. The number of hydrogen-bond donors (Lipinski definition) is 9. The molecule has 2 heterocycles. The minimum absolute atomic E-state index is 0.207. The van der Waals surface area contributed by atoms with Gasteiger partial charge in [0.05, 0.1) is 48.3 Å². The van der Waals surface area contributed by atoms with Gasteiger partial charge < -0.3 is 79.2 Å². The average Bonchev–Trinajstić information content (AvgIpc) is 3.31. The molecule has 5 aliphatic carbocycles. The number of carboxylic acids is 1. The third kappa shape index (κ3) is 8.15. The van der Waals surface area contributed by atoms with Crippen LogP contribution in [0, 0.1) is 56.2 Å². The standard InChI is InChI=1S/C51H78O19/c1-11-23(3)42(63)69-39-40(70-43(64)24(4)12-2)51(22-53)26(19-46(39,5)6)25-13-14-29-47(7)17-16-30(48(8,21-52)28(47)15-18-49(29,9)50(25,10)37(59)38(51)60)66-45-34(58)35(33(57)36(68-45)41(61)62)67-44-32(56)31(55)27(54)20-65-44/h11,13,21,24,26-40,44-45,53-60H,12,14-20,22H2,1-10H3,(H,61,62). The van der Waals surface area contributed by atoms with Crippen LogP contribution < -0.4 is 0 Å². The van der Waals surface area contributed by atoms with Gasteiger partial charge in [0, 0.05) is 16.4 Å². The second-order valence-electron chi connectivity index (χ2n) is 23.3. The molecule has 0 spiro atoms. The molecule has 0 bridgehead atoms. The first-order valence-corrected chi connectivity index (χ1v) is 25.0. The zero-order chi connectivity index (χ0) is 52.0. The Hall–Kier alpha value is -2.92. The van der Waals surface area contributed by atoms with Crippen LogP contribution in [0.3, 0.4) is 0 Å². The summed E-state index contributed by atoms with van der Waals surface area (Å²) in [5.74, 6) is -4.63. The summed E-state index contributed by atoms with van der Waals surface area (Å²) in [5, 5.41) is 101. The highest BCUT2D eigenvalue weighted by Gasteiger charge is 2.76. The van der Waals surface area contributed by atoms with Gasteiger partial charge in [-0.1, -0.05) is 73.1 Å². The predicted molar refractivity (Wildman–Crippen MR) is 245 cm³/mol. The van der Waals surface area contributed by atoms with Crippen LogP contribution in [-0.2, 0) is 47.6 Å². The lowest BCUT2D eigenvalue weighted by Gasteiger charge is -2.73. The normalized spacial score (nSPS) is 49.4. The maximum absolute atomic E-state index is 13.8. The Morgan fingerprint density at radius 2 is 1.53 bits per heavy atom. The third-order valence-corrected chi connectivity index (χ3v) is 19.4. The molecule has 396 valence electrons. The Kier molecular flexibility index (Phi) is 15.2. The van der Waals surface area contributed by atoms with E-state index in [1.54, 1.807) is 33.8 Å². The summed E-state index contributed by atoms with van der Waals surface area (Å²) < 4.78 is 35.7. The molecule has 23 unspecified atom stereocenters. The molecule has 7 rings (SSSR count). The van der Waals surface area contributed by atoms with Crippen molar-refractivity contribution < 1.29 is 93.6 Å². The number of carboxylic acid groups (broad SMARTS) is 1. The molecule has 0 aromatic rings. The number of aldehydes is 1. The van der Waals surface area contributed by atoms with E-state index in [1.165, 1.54) is 0 Å². The Bertz CT molecular complexity index is 2060. The first-order valence-electron chi connectivity index (χ1n) is 25.0. The van der Waals surface area contributed by atoms with Crippen molar-refractivity contribution in [3.05, 3.63) is 23.3 Å². The number of carbonyl (C=O) groups excluding carboxylic acids is 3. The molecule has 9 N–H and O–H groups in total. The zero-order valence-corrected chi connectivity index (χ0v) is 42.1. The molecule has 0 aromatic carbocycles. The lowest BCUT2D eigenvalue weighted by atomic mass is 9.32. The first-order chi connectivity index (χ1) is 32.6. The van der Waals surface area contributed by atoms with Gasteiger partial charge in [-0.2, -0.15) is 0 Å². The largest absolute Gasteiger partial charge is 0.479 e. The Morgan fingerprint density at radius 3 is 2.13 bits per heavy atom. The van der Waals surface area contributed by atoms with Crippen molar-refractivity contribution in [2.75, 3.05) is 13.2 Å². The summed E-state index contributed by atoms with van der Waals surface area (Å²) in [4.78, 5) is 53.4. The highest BCUT2D eigenvalue weighted by Crippen LogP contribution is 2.76. The number of aliphatic carboxylic acids is 1. The molecule has 19 nitrogen and oxygen atoms in total. The van der Waals surface area contributed by atoms with E-state index in [0.29, 0.717) is 44.1 Å². The van der Waals surface area contributed by atoms with Crippen LogP contribution in [0.5, 0.6) is 0 Å². The summed E-state index contributed by atoms with van der Waals surface area (Å²) >= 11 is 0. The van der Waals surface area contributed by atoms with E-state index in [-0.39, 0.29) is 18.3 Å². The number of fused-ring (bicyclic) bond motifs is 7. The van der Waals surface area contributed by atoms with Gasteiger partial charge in [-0.05, 0) is 87.4 Å². The van der Waals surface area contributed by atoms with Crippen LogP contribution >= 0.6 is 0 Å². The number of esters is 2. The predicted octanol–water partition coefficient (Wildman–Crippen LogP) is 1.70. The number of carbonyl (C=O) groups is 4. The van der Waals surface area contributed by atoms with E-state index in [0.717, 1.165) is 11.9 Å². The van der Waals surface area contributed by atoms with E-state index >= 15 is 0 Å². The van der Waals surface area contributed by atoms with Gasteiger partial charge in [0.15, 0.2) is 24.8 Å². The van der Waals surface area contributed by atoms with Crippen LogP contribution in [-0.4, -0.2) is 169 Å². The molecular formula is C51H78O19. The van der Waals surface area contributed by atoms with Crippen LogP contribution in [0.4, 0.5) is 0 Å². The highest BCUT2D eigenvalue weighted by atomic mass is 16.7. The molecule has 70 heavy (non-hydrogen) atoms. The quantitative estimate of drug-likeness (QED) is 0.0442. The molecule has 6 fully saturated rings. The maximum Gasteiger partial charge on any atom is 0.335 e. The van der Waals surface area contributed by atoms with Gasteiger partial charge in [-0.25, -0.2) is 9.59 Å². The fraction of sp³-hybridized carbons (Fsp3) is 0.843. The highest BCUT2D eigenvalue weighted by molar-refractivity contribution is 5.87. The summed E-state index contributed by atoms with van der Waals surface area (Å²) in [6, 6.07) is 0. The molecule has 19 heteroatoms. The van der Waals surface area contributed by atoms with E-state index in [2.05, 4.69) is 19.9 Å².